The minimum absolute atomic E-state index is 0.0402. The standard InChI is InChI=1S/C17H24N2O/c1-2-3-4-5-6-11-17(20)19-18-16-13-12-14-9-7-8-10-15(14)16/h7-10H,2-6,11-13H2,1H3,(H,19,20)/b18-16+. The first kappa shape index (κ1) is 14.8. The van der Waals surface area contributed by atoms with Crippen molar-refractivity contribution in [3.8, 4) is 0 Å². The molecular formula is C17H24N2O. The van der Waals surface area contributed by atoms with Gasteiger partial charge < -0.3 is 0 Å². The number of hydrogen-bond acceptors (Lipinski definition) is 2. The van der Waals surface area contributed by atoms with E-state index in [0.717, 1.165) is 31.4 Å². The molecule has 3 nitrogen and oxygen atoms in total. The molecule has 3 heteroatoms. The largest absolute Gasteiger partial charge is 0.273 e. The number of carbonyl (C=O) groups excluding carboxylic acids is 1. The molecule has 108 valence electrons. The fourth-order valence-corrected chi connectivity index (χ4v) is 2.60. The molecule has 0 aromatic heterocycles. The van der Waals surface area contributed by atoms with Gasteiger partial charge in [-0.25, -0.2) is 5.43 Å². The quantitative estimate of drug-likeness (QED) is 0.595. The molecule has 1 aromatic carbocycles. The molecule has 0 unspecified atom stereocenters. The zero-order valence-corrected chi connectivity index (χ0v) is 12.3. The van der Waals surface area contributed by atoms with Crippen LogP contribution in [0, 0.1) is 0 Å². The predicted octanol–water partition coefficient (Wildman–Crippen LogP) is 3.81. The third-order valence-electron chi connectivity index (χ3n) is 3.78. The van der Waals surface area contributed by atoms with Crippen molar-refractivity contribution < 1.29 is 4.79 Å². The van der Waals surface area contributed by atoms with E-state index < -0.39 is 0 Å². The van der Waals surface area contributed by atoms with E-state index in [1.165, 1.54) is 30.4 Å². The van der Waals surface area contributed by atoms with Crippen molar-refractivity contribution in [1.29, 1.82) is 0 Å². The van der Waals surface area contributed by atoms with Crippen LogP contribution in [0.25, 0.3) is 0 Å². The number of carbonyl (C=O) groups is 1. The van der Waals surface area contributed by atoms with Crippen LogP contribution in [0.5, 0.6) is 0 Å². The first-order valence-electron chi connectivity index (χ1n) is 7.75. The lowest BCUT2D eigenvalue weighted by Gasteiger charge is -2.03. The van der Waals surface area contributed by atoms with Crippen molar-refractivity contribution in [2.24, 2.45) is 5.10 Å². The maximum atomic E-state index is 11.7. The van der Waals surface area contributed by atoms with E-state index in [0.29, 0.717) is 6.42 Å². The lowest BCUT2D eigenvalue weighted by atomic mass is 10.1. The summed E-state index contributed by atoms with van der Waals surface area (Å²) in [6, 6.07) is 8.29. The van der Waals surface area contributed by atoms with Gasteiger partial charge in [0.25, 0.3) is 0 Å². The van der Waals surface area contributed by atoms with E-state index in [1.807, 2.05) is 6.07 Å². The zero-order valence-electron chi connectivity index (χ0n) is 12.3. The highest BCUT2D eigenvalue weighted by Crippen LogP contribution is 2.21. The lowest BCUT2D eigenvalue weighted by molar-refractivity contribution is -0.121. The molecule has 20 heavy (non-hydrogen) atoms. The number of hydrazone groups is 1. The van der Waals surface area contributed by atoms with Crippen LogP contribution in [-0.2, 0) is 11.2 Å². The summed E-state index contributed by atoms with van der Waals surface area (Å²) >= 11 is 0. The molecule has 0 bridgehead atoms. The molecule has 0 saturated carbocycles. The van der Waals surface area contributed by atoms with Gasteiger partial charge in [0.05, 0.1) is 5.71 Å². The molecule has 0 atom stereocenters. The molecule has 1 aromatic rings. The van der Waals surface area contributed by atoms with Gasteiger partial charge in [0, 0.05) is 12.0 Å². The Bertz CT molecular complexity index is 480. The number of aryl methyl sites for hydroxylation is 1. The van der Waals surface area contributed by atoms with Crippen molar-refractivity contribution in [3.05, 3.63) is 35.4 Å². The number of rotatable bonds is 7. The number of nitrogens with one attached hydrogen (secondary N) is 1. The van der Waals surface area contributed by atoms with Gasteiger partial charge in [0.15, 0.2) is 0 Å². The van der Waals surface area contributed by atoms with Gasteiger partial charge in [0.1, 0.15) is 0 Å². The second kappa shape index (κ2) is 7.83. The number of unbranched alkanes of at least 4 members (excludes halogenated alkanes) is 4. The molecule has 0 fully saturated rings. The molecule has 1 aliphatic rings. The van der Waals surface area contributed by atoms with Crippen LogP contribution in [0.3, 0.4) is 0 Å². The number of amides is 1. The summed E-state index contributed by atoms with van der Waals surface area (Å²) in [5.41, 5.74) is 6.24. The maximum absolute atomic E-state index is 11.7. The number of fused-ring (bicyclic) bond motifs is 1. The summed E-state index contributed by atoms with van der Waals surface area (Å²) < 4.78 is 0. The van der Waals surface area contributed by atoms with Crippen LogP contribution >= 0.6 is 0 Å². The van der Waals surface area contributed by atoms with Crippen LogP contribution in [0.2, 0.25) is 0 Å². The van der Waals surface area contributed by atoms with Crippen molar-refractivity contribution >= 4 is 11.6 Å². The summed E-state index contributed by atoms with van der Waals surface area (Å²) in [6.07, 6.45) is 8.37. The Labute approximate surface area is 121 Å². The molecule has 1 N–H and O–H groups in total. The molecule has 0 saturated heterocycles. The lowest BCUT2D eigenvalue weighted by Crippen LogP contribution is -2.19. The Morgan fingerprint density at radius 2 is 1.95 bits per heavy atom. The summed E-state index contributed by atoms with van der Waals surface area (Å²) in [5, 5.41) is 4.30. The maximum Gasteiger partial charge on any atom is 0.240 e. The van der Waals surface area contributed by atoms with Gasteiger partial charge in [0.2, 0.25) is 5.91 Å². The number of nitrogens with zero attached hydrogens (tertiary/aromatic N) is 1. The minimum atomic E-state index is 0.0402. The van der Waals surface area contributed by atoms with Crippen molar-refractivity contribution in [2.75, 3.05) is 0 Å². The van der Waals surface area contributed by atoms with Crippen molar-refractivity contribution in [3.63, 3.8) is 0 Å². The van der Waals surface area contributed by atoms with E-state index in [9.17, 15) is 4.79 Å². The average molecular weight is 272 g/mol. The molecule has 0 radical (unpaired) electrons. The number of hydrogen-bond donors (Lipinski definition) is 1. The summed E-state index contributed by atoms with van der Waals surface area (Å²) in [5.74, 6) is 0.0402. The Hall–Kier alpha value is -1.64. The normalized spacial score (nSPS) is 15.3. The molecule has 0 heterocycles. The monoisotopic (exact) mass is 272 g/mol. The van der Waals surface area contributed by atoms with Crippen LogP contribution in [0.4, 0.5) is 0 Å². The van der Waals surface area contributed by atoms with Gasteiger partial charge >= 0.3 is 0 Å². The Balaban J connectivity index is 1.75. The first-order valence-corrected chi connectivity index (χ1v) is 7.75. The minimum Gasteiger partial charge on any atom is -0.273 e. The summed E-state index contributed by atoms with van der Waals surface area (Å²) in [6.45, 7) is 2.20. The fourth-order valence-electron chi connectivity index (χ4n) is 2.60. The zero-order chi connectivity index (χ0) is 14.2. The second-order valence-electron chi connectivity index (χ2n) is 5.41. The Morgan fingerprint density at radius 1 is 1.15 bits per heavy atom. The third-order valence-corrected chi connectivity index (χ3v) is 3.78. The van der Waals surface area contributed by atoms with E-state index in [2.05, 4.69) is 35.7 Å². The molecule has 0 aliphatic heterocycles. The third kappa shape index (κ3) is 4.19. The van der Waals surface area contributed by atoms with Crippen LogP contribution in [0.15, 0.2) is 29.4 Å². The average Bonchev–Trinajstić information content (AvgIpc) is 2.88. The smallest absolute Gasteiger partial charge is 0.240 e. The van der Waals surface area contributed by atoms with Crippen molar-refractivity contribution in [1.82, 2.24) is 5.43 Å². The van der Waals surface area contributed by atoms with Crippen molar-refractivity contribution in [2.45, 2.75) is 58.3 Å². The molecule has 2 rings (SSSR count). The summed E-state index contributed by atoms with van der Waals surface area (Å²) in [7, 11) is 0. The highest BCUT2D eigenvalue weighted by Gasteiger charge is 2.16. The molecule has 0 spiro atoms. The van der Waals surface area contributed by atoms with Gasteiger partial charge in [-0.15, -0.1) is 0 Å². The van der Waals surface area contributed by atoms with Gasteiger partial charge in [-0.1, -0.05) is 56.9 Å². The van der Waals surface area contributed by atoms with E-state index >= 15 is 0 Å². The van der Waals surface area contributed by atoms with E-state index in [-0.39, 0.29) is 5.91 Å². The van der Waals surface area contributed by atoms with E-state index in [4.69, 9.17) is 0 Å². The Morgan fingerprint density at radius 3 is 2.80 bits per heavy atom. The topological polar surface area (TPSA) is 41.5 Å². The van der Waals surface area contributed by atoms with Gasteiger partial charge in [-0.05, 0) is 24.8 Å². The molecule has 1 aliphatic carbocycles. The predicted molar refractivity (Wildman–Crippen MR) is 82.8 cm³/mol. The van der Waals surface area contributed by atoms with E-state index in [1.54, 1.807) is 0 Å². The van der Waals surface area contributed by atoms with Gasteiger partial charge in [-0.2, -0.15) is 5.10 Å². The van der Waals surface area contributed by atoms with Gasteiger partial charge in [-0.3, -0.25) is 4.79 Å². The fraction of sp³-hybridized carbons (Fsp3) is 0.529. The van der Waals surface area contributed by atoms with Crippen LogP contribution in [0.1, 0.15) is 63.0 Å². The van der Waals surface area contributed by atoms with Crippen LogP contribution in [-0.4, -0.2) is 11.6 Å². The highest BCUT2D eigenvalue weighted by atomic mass is 16.2. The number of benzene rings is 1. The summed E-state index contributed by atoms with van der Waals surface area (Å²) in [4.78, 5) is 11.7. The Kier molecular flexibility index (Phi) is 5.78. The first-order chi connectivity index (χ1) is 9.81. The SMILES string of the molecule is CCCCCCCC(=O)N/N=C1\CCc2ccccc21. The van der Waals surface area contributed by atoms with Crippen LogP contribution < -0.4 is 5.43 Å². The highest BCUT2D eigenvalue weighted by molar-refractivity contribution is 6.04. The molecular weight excluding hydrogens is 248 g/mol. The second-order valence-corrected chi connectivity index (χ2v) is 5.41. The molecule has 1 amide bonds.